The molecule has 0 radical (unpaired) electrons. The van der Waals surface area contributed by atoms with E-state index < -0.39 is 0 Å². The maximum Gasteiger partial charge on any atom is 0.223 e. The Kier molecular flexibility index (Phi) is 4.99. The van der Waals surface area contributed by atoms with E-state index in [0.29, 0.717) is 11.8 Å². The third-order valence-electron chi connectivity index (χ3n) is 5.18. The summed E-state index contributed by atoms with van der Waals surface area (Å²) >= 11 is 0. The lowest BCUT2D eigenvalue weighted by molar-refractivity contribution is 0.107. The van der Waals surface area contributed by atoms with Crippen LogP contribution in [0.2, 0.25) is 0 Å². The number of hydrogen-bond donors (Lipinski definition) is 0. The first-order valence-electron chi connectivity index (χ1n) is 9.21. The summed E-state index contributed by atoms with van der Waals surface area (Å²) < 4.78 is 11.0. The number of aryl methyl sites for hydroxylation is 1. The highest BCUT2D eigenvalue weighted by Crippen LogP contribution is 2.27. The summed E-state index contributed by atoms with van der Waals surface area (Å²) in [6, 6.07) is 8.47. The number of para-hydroxylation sites is 1. The van der Waals surface area contributed by atoms with Crippen LogP contribution in [0.1, 0.15) is 23.7 Å². The lowest BCUT2D eigenvalue weighted by Gasteiger charge is -2.35. The number of nitrogens with zero attached hydrogens (tertiary/aromatic N) is 4. The Balaban J connectivity index is 1.27. The van der Waals surface area contributed by atoms with Gasteiger partial charge in [0.05, 0.1) is 13.2 Å². The van der Waals surface area contributed by atoms with Gasteiger partial charge in [-0.05, 0) is 30.4 Å². The SMILES string of the molecule is Cc1nc(CN2CCN(C[C@@H]3CCOc4ccccc4C3)CC2)no1. The molecule has 2 aliphatic heterocycles. The van der Waals surface area contributed by atoms with Crippen molar-refractivity contribution < 1.29 is 9.26 Å². The average Bonchev–Trinajstić information content (AvgIpc) is 2.91. The van der Waals surface area contributed by atoms with Gasteiger partial charge in [-0.15, -0.1) is 0 Å². The Bertz CT molecular complexity index is 694. The molecule has 0 saturated carbocycles. The van der Waals surface area contributed by atoms with E-state index in [0.717, 1.165) is 70.3 Å². The summed E-state index contributed by atoms with van der Waals surface area (Å²) in [7, 11) is 0. The van der Waals surface area contributed by atoms with Crippen molar-refractivity contribution in [3.63, 3.8) is 0 Å². The van der Waals surface area contributed by atoms with Crippen molar-refractivity contribution in [1.82, 2.24) is 19.9 Å². The molecular weight excluding hydrogens is 316 g/mol. The number of benzene rings is 1. The van der Waals surface area contributed by atoms with Gasteiger partial charge in [0.2, 0.25) is 5.89 Å². The summed E-state index contributed by atoms with van der Waals surface area (Å²) in [6.45, 7) is 8.96. The maximum atomic E-state index is 5.90. The van der Waals surface area contributed by atoms with E-state index >= 15 is 0 Å². The van der Waals surface area contributed by atoms with Gasteiger partial charge in [0.15, 0.2) is 5.82 Å². The van der Waals surface area contributed by atoms with Crippen molar-refractivity contribution in [3.05, 3.63) is 41.5 Å². The van der Waals surface area contributed by atoms with Gasteiger partial charge >= 0.3 is 0 Å². The van der Waals surface area contributed by atoms with Crippen LogP contribution < -0.4 is 4.74 Å². The summed E-state index contributed by atoms with van der Waals surface area (Å²) in [4.78, 5) is 9.31. The van der Waals surface area contributed by atoms with Crippen LogP contribution >= 0.6 is 0 Å². The molecule has 2 aliphatic rings. The number of rotatable bonds is 4. The highest BCUT2D eigenvalue weighted by atomic mass is 16.5. The van der Waals surface area contributed by atoms with E-state index in [1.165, 1.54) is 5.56 Å². The van der Waals surface area contributed by atoms with Gasteiger partial charge in [0, 0.05) is 39.6 Å². The van der Waals surface area contributed by atoms with Gasteiger partial charge in [0.25, 0.3) is 0 Å². The minimum atomic E-state index is 0.643. The summed E-state index contributed by atoms with van der Waals surface area (Å²) in [5, 5.41) is 4.00. The van der Waals surface area contributed by atoms with Crippen molar-refractivity contribution in [2.75, 3.05) is 39.3 Å². The molecule has 2 aromatic rings. The molecule has 1 fully saturated rings. The van der Waals surface area contributed by atoms with E-state index in [4.69, 9.17) is 9.26 Å². The fraction of sp³-hybridized carbons (Fsp3) is 0.579. The normalized spacial score (nSPS) is 22.2. The number of piperazine rings is 1. The topological polar surface area (TPSA) is 54.6 Å². The number of fused-ring (bicyclic) bond motifs is 1. The van der Waals surface area contributed by atoms with Crippen molar-refractivity contribution in [2.24, 2.45) is 5.92 Å². The van der Waals surface area contributed by atoms with Gasteiger partial charge in [-0.2, -0.15) is 4.98 Å². The summed E-state index contributed by atoms with van der Waals surface area (Å²) in [5.41, 5.74) is 1.36. The monoisotopic (exact) mass is 342 g/mol. The second-order valence-corrected chi connectivity index (χ2v) is 7.12. The molecule has 134 valence electrons. The van der Waals surface area contributed by atoms with Crippen molar-refractivity contribution in [3.8, 4) is 5.75 Å². The zero-order valence-electron chi connectivity index (χ0n) is 14.9. The van der Waals surface area contributed by atoms with E-state index in [2.05, 4.69) is 44.2 Å². The van der Waals surface area contributed by atoms with Crippen molar-refractivity contribution in [1.29, 1.82) is 0 Å². The quantitative estimate of drug-likeness (QED) is 0.848. The van der Waals surface area contributed by atoms with Gasteiger partial charge in [-0.25, -0.2) is 0 Å². The molecule has 25 heavy (non-hydrogen) atoms. The van der Waals surface area contributed by atoms with E-state index in [9.17, 15) is 0 Å². The number of ether oxygens (including phenoxy) is 1. The van der Waals surface area contributed by atoms with Crippen LogP contribution in [0.25, 0.3) is 0 Å². The van der Waals surface area contributed by atoms with E-state index in [-0.39, 0.29) is 0 Å². The fourth-order valence-corrected chi connectivity index (χ4v) is 3.82. The van der Waals surface area contributed by atoms with Gasteiger partial charge in [0.1, 0.15) is 5.75 Å². The highest BCUT2D eigenvalue weighted by molar-refractivity contribution is 5.34. The lowest BCUT2D eigenvalue weighted by Crippen LogP contribution is -2.47. The molecule has 0 aliphatic carbocycles. The molecule has 0 N–H and O–H groups in total. The molecule has 0 bridgehead atoms. The Morgan fingerprint density at radius 1 is 1.12 bits per heavy atom. The predicted molar refractivity (Wildman–Crippen MR) is 94.5 cm³/mol. The van der Waals surface area contributed by atoms with E-state index in [1.54, 1.807) is 0 Å². The van der Waals surface area contributed by atoms with Crippen LogP contribution in [0.4, 0.5) is 0 Å². The van der Waals surface area contributed by atoms with Crippen molar-refractivity contribution >= 4 is 0 Å². The molecule has 0 spiro atoms. The fourth-order valence-electron chi connectivity index (χ4n) is 3.82. The standard InChI is InChI=1S/C19H26N4O2/c1-15-20-19(21-25-15)14-23-9-7-22(8-10-23)13-16-6-11-24-18-5-3-2-4-17(18)12-16/h2-5,16H,6-14H2,1H3/t16-/m1/s1. The summed E-state index contributed by atoms with van der Waals surface area (Å²) in [5.74, 6) is 3.19. The Hall–Kier alpha value is -1.92. The lowest BCUT2D eigenvalue weighted by atomic mass is 9.96. The van der Waals surface area contributed by atoms with Crippen LogP contribution in [0.3, 0.4) is 0 Å². The maximum absolute atomic E-state index is 5.90. The third-order valence-corrected chi connectivity index (χ3v) is 5.18. The Morgan fingerprint density at radius 3 is 2.72 bits per heavy atom. The summed E-state index contributed by atoms with van der Waals surface area (Å²) in [6.07, 6.45) is 2.26. The molecule has 1 aromatic heterocycles. The van der Waals surface area contributed by atoms with Gasteiger partial charge in [-0.1, -0.05) is 23.4 Å². The first-order chi connectivity index (χ1) is 12.3. The van der Waals surface area contributed by atoms with Crippen LogP contribution in [0, 0.1) is 12.8 Å². The molecule has 6 heteroatoms. The second-order valence-electron chi connectivity index (χ2n) is 7.12. The third kappa shape index (κ3) is 4.19. The number of aromatic nitrogens is 2. The largest absolute Gasteiger partial charge is 0.493 e. The molecule has 1 aromatic carbocycles. The number of hydrogen-bond acceptors (Lipinski definition) is 6. The zero-order valence-corrected chi connectivity index (χ0v) is 14.9. The molecular formula is C19H26N4O2. The van der Waals surface area contributed by atoms with Gasteiger partial charge in [-0.3, -0.25) is 4.90 Å². The van der Waals surface area contributed by atoms with Gasteiger partial charge < -0.3 is 14.2 Å². The highest BCUT2D eigenvalue weighted by Gasteiger charge is 2.23. The average molecular weight is 342 g/mol. The molecule has 3 heterocycles. The molecule has 0 unspecified atom stereocenters. The van der Waals surface area contributed by atoms with Crippen LogP contribution in [0.15, 0.2) is 28.8 Å². The smallest absolute Gasteiger partial charge is 0.223 e. The molecule has 4 rings (SSSR count). The predicted octanol–water partition coefficient (Wildman–Crippen LogP) is 2.14. The second kappa shape index (κ2) is 7.54. The van der Waals surface area contributed by atoms with Crippen molar-refractivity contribution in [2.45, 2.75) is 26.3 Å². The minimum absolute atomic E-state index is 0.643. The zero-order chi connectivity index (χ0) is 17.1. The molecule has 0 amide bonds. The van der Waals surface area contributed by atoms with Crippen LogP contribution in [0.5, 0.6) is 5.75 Å². The Labute approximate surface area is 148 Å². The Morgan fingerprint density at radius 2 is 1.92 bits per heavy atom. The first-order valence-corrected chi connectivity index (χ1v) is 9.21. The van der Waals surface area contributed by atoms with Crippen LogP contribution in [-0.2, 0) is 13.0 Å². The first kappa shape index (κ1) is 16.5. The molecule has 1 saturated heterocycles. The molecule has 6 nitrogen and oxygen atoms in total. The van der Waals surface area contributed by atoms with E-state index in [1.807, 2.05) is 6.92 Å². The minimum Gasteiger partial charge on any atom is -0.493 e. The molecule has 1 atom stereocenters. The van der Waals surface area contributed by atoms with Crippen LogP contribution in [-0.4, -0.2) is 59.3 Å².